The fourth-order valence-electron chi connectivity index (χ4n) is 4.63. The van der Waals surface area contributed by atoms with Gasteiger partial charge >= 0.3 is 6.03 Å². The van der Waals surface area contributed by atoms with Gasteiger partial charge in [0.15, 0.2) is 0 Å². The maximum absolute atomic E-state index is 13.2. The van der Waals surface area contributed by atoms with Crippen LogP contribution in [0.1, 0.15) is 39.5 Å². The first-order valence-electron chi connectivity index (χ1n) is 9.90. The predicted octanol–water partition coefficient (Wildman–Crippen LogP) is 4.24. The number of hydrogen-bond donors (Lipinski definition) is 1. The third-order valence-corrected chi connectivity index (χ3v) is 6.01. The zero-order valence-electron chi connectivity index (χ0n) is 16.1. The molecule has 1 atom stereocenters. The molecule has 0 aliphatic carbocycles. The summed E-state index contributed by atoms with van der Waals surface area (Å²) in [5.41, 5.74) is 0.105. The lowest BCUT2D eigenvalue weighted by atomic mass is 9.85. The summed E-state index contributed by atoms with van der Waals surface area (Å²) in [6.45, 7) is 5.52. The lowest BCUT2D eigenvalue weighted by molar-refractivity contribution is -0.147. The summed E-state index contributed by atoms with van der Waals surface area (Å²) in [4.78, 5) is 30.1. The molecular formula is C22H27N3O2. The van der Waals surface area contributed by atoms with Gasteiger partial charge < -0.3 is 15.1 Å². The van der Waals surface area contributed by atoms with Crippen molar-refractivity contribution in [3.05, 3.63) is 42.5 Å². The highest BCUT2D eigenvalue weighted by Crippen LogP contribution is 2.39. The molecule has 2 aliphatic heterocycles. The number of urea groups is 1. The van der Waals surface area contributed by atoms with E-state index < -0.39 is 5.54 Å². The smallest absolute Gasteiger partial charge is 0.322 e. The summed E-state index contributed by atoms with van der Waals surface area (Å²) in [7, 11) is 0. The van der Waals surface area contributed by atoms with Gasteiger partial charge in [0.25, 0.3) is 0 Å². The van der Waals surface area contributed by atoms with E-state index in [9.17, 15) is 9.59 Å². The molecule has 0 saturated carbocycles. The number of likely N-dealkylation sites (tertiary alicyclic amines) is 2. The number of piperidine rings is 1. The first kappa shape index (κ1) is 17.8. The zero-order valence-corrected chi connectivity index (χ0v) is 16.1. The highest BCUT2D eigenvalue weighted by atomic mass is 16.2. The summed E-state index contributed by atoms with van der Waals surface area (Å²) >= 11 is 0. The van der Waals surface area contributed by atoms with Gasteiger partial charge in [-0.05, 0) is 62.4 Å². The molecule has 3 amide bonds. The van der Waals surface area contributed by atoms with E-state index in [1.807, 2.05) is 55.1 Å². The molecule has 0 aromatic heterocycles. The predicted molar refractivity (Wildman–Crippen MR) is 108 cm³/mol. The van der Waals surface area contributed by atoms with Crippen molar-refractivity contribution in [3.63, 3.8) is 0 Å². The summed E-state index contributed by atoms with van der Waals surface area (Å²) in [6.07, 6.45) is 3.35. The van der Waals surface area contributed by atoms with Gasteiger partial charge in [0.1, 0.15) is 5.54 Å². The van der Waals surface area contributed by atoms with Crippen molar-refractivity contribution >= 4 is 28.4 Å². The largest absolute Gasteiger partial charge is 0.338 e. The van der Waals surface area contributed by atoms with Gasteiger partial charge in [0.05, 0.1) is 0 Å². The van der Waals surface area contributed by atoms with Crippen LogP contribution in [0.2, 0.25) is 0 Å². The Labute approximate surface area is 160 Å². The zero-order chi connectivity index (χ0) is 19.0. The molecule has 2 fully saturated rings. The molecule has 142 valence electrons. The van der Waals surface area contributed by atoms with Crippen molar-refractivity contribution in [2.24, 2.45) is 0 Å². The topological polar surface area (TPSA) is 52.6 Å². The van der Waals surface area contributed by atoms with Crippen LogP contribution >= 0.6 is 0 Å². The number of anilines is 1. The number of nitrogens with one attached hydrogen (secondary N) is 1. The molecule has 0 radical (unpaired) electrons. The van der Waals surface area contributed by atoms with Gasteiger partial charge in [-0.3, -0.25) is 4.79 Å². The second-order valence-corrected chi connectivity index (χ2v) is 7.97. The van der Waals surface area contributed by atoms with E-state index in [0.29, 0.717) is 6.54 Å². The van der Waals surface area contributed by atoms with Gasteiger partial charge in [-0.1, -0.05) is 30.3 Å². The van der Waals surface area contributed by atoms with Crippen molar-refractivity contribution in [3.8, 4) is 0 Å². The van der Waals surface area contributed by atoms with E-state index in [-0.39, 0.29) is 18.0 Å². The van der Waals surface area contributed by atoms with Crippen LogP contribution in [0.5, 0.6) is 0 Å². The van der Waals surface area contributed by atoms with Crippen molar-refractivity contribution in [2.45, 2.75) is 51.1 Å². The molecular weight excluding hydrogens is 338 g/mol. The molecule has 27 heavy (non-hydrogen) atoms. The van der Waals surface area contributed by atoms with Crippen LogP contribution in [-0.2, 0) is 4.79 Å². The standard InChI is InChI=1S/C22H27N3O2/c1-16(2)24-13-5-11-22(20(24)26)12-6-14-25(22)21(27)23-19-10-9-17-7-3-4-8-18(17)15-19/h3-4,7-10,15-16H,5-6,11-14H2,1-2H3,(H,23,27). The van der Waals surface area contributed by atoms with Crippen LogP contribution in [0.3, 0.4) is 0 Å². The van der Waals surface area contributed by atoms with E-state index in [1.165, 1.54) is 0 Å². The maximum atomic E-state index is 13.2. The molecule has 0 bridgehead atoms. The van der Waals surface area contributed by atoms with E-state index >= 15 is 0 Å². The molecule has 5 nitrogen and oxygen atoms in total. The SMILES string of the molecule is CC(C)N1CCCC2(CCCN2C(=O)Nc2ccc3ccccc3c2)C1=O. The minimum absolute atomic E-state index is 0.120. The van der Waals surface area contributed by atoms with Crippen molar-refractivity contribution in [1.29, 1.82) is 0 Å². The summed E-state index contributed by atoms with van der Waals surface area (Å²) in [6, 6.07) is 14.0. The Kier molecular flexibility index (Phi) is 4.54. The minimum atomic E-state index is -0.663. The Morgan fingerprint density at radius 3 is 2.48 bits per heavy atom. The molecule has 2 heterocycles. The average Bonchev–Trinajstić information content (AvgIpc) is 3.08. The number of carbonyl (C=O) groups is 2. The maximum Gasteiger partial charge on any atom is 0.322 e. The normalized spacial score (nSPS) is 22.9. The number of fused-ring (bicyclic) bond motifs is 1. The lowest BCUT2D eigenvalue weighted by Gasteiger charge is -2.45. The number of nitrogens with zero attached hydrogens (tertiary/aromatic N) is 2. The number of carbonyl (C=O) groups excluding carboxylic acids is 2. The van der Waals surface area contributed by atoms with Gasteiger partial charge in [0, 0.05) is 24.8 Å². The third kappa shape index (κ3) is 3.05. The van der Waals surface area contributed by atoms with E-state index in [1.54, 1.807) is 4.90 Å². The Morgan fingerprint density at radius 2 is 1.74 bits per heavy atom. The summed E-state index contributed by atoms with van der Waals surface area (Å²) < 4.78 is 0. The van der Waals surface area contributed by atoms with E-state index in [4.69, 9.17) is 0 Å². The number of hydrogen-bond acceptors (Lipinski definition) is 2. The molecule has 1 unspecified atom stereocenters. The van der Waals surface area contributed by atoms with Crippen LogP contribution in [0, 0.1) is 0 Å². The number of rotatable bonds is 2. The molecule has 4 rings (SSSR count). The van der Waals surface area contributed by atoms with Gasteiger partial charge in [-0.15, -0.1) is 0 Å². The second-order valence-electron chi connectivity index (χ2n) is 7.97. The van der Waals surface area contributed by atoms with Gasteiger partial charge in [-0.25, -0.2) is 4.79 Å². The molecule has 1 spiro atoms. The highest BCUT2D eigenvalue weighted by Gasteiger charge is 2.53. The second kappa shape index (κ2) is 6.87. The minimum Gasteiger partial charge on any atom is -0.338 e. The van der Waals surface area contributed by atoms with Crippen molar-refractivity contribution < 1.29 is 9.59 Å². The van der Waals surface area contributed by atoms with Crippen LogP contribution in [0.15, 0.2) is 42.5 Å². The molecule has 2 saturated heterocycles. The van der Waals surface area contributed by atoms with Gasteiger partial charge in [-0.2, -0.15) is 0 Å². The molecule has 2 aliphatic rings. The first-order valence-corrected chi connectivity index (χ1v) is 9.90. The summed E-state index contributed by atoms with van der Waals surface area (Å²) in [5, 5.41) is 5.26. The van der Waals surface area contributed by atoms with Gasteiger partial charge in [0.2, 0.25) is 5.91 Å². The highest BCUT2D eigenvalue weighted by molar-refractivity contribution is 5.98. The van der Waals surface area contributed by atoms with Crippen molar-refractivity contribution in [1.82, 2.24) is 9.80 Å². The first-order chi connectivity index (χ1) is 13.0. The molecule has 2 aromatic carbocycles. The van der Waals surface area contributed by atoms with E-state index in [2.05, 4.69) is 11.4 Å². The van der Waals surface area contributed by atoms with Crippen LogP contribution < -0.4 is 5.32 Å². The number of amides is 3. The summed E-state index contributed by atoms with van der Waals surface area (Å²) in [5.74, 6) is 0.120. The number of benzene rings is 2. The van der Waals surface area contributed by atoms with Crippen LogP contribution in [0.25, 0.3) is 10.8 Å². The Hall–Kier alpha value is -2.56. The Balaban J connectivity index is 1.57. The average molecular weight is 365 g/mol. The van der Waals surface area contributed by atoms with Crippen LogP contribution in [0.4, 0.5) is 10.5 Å². The van der Waals surface area contributed by atoms with Crippen LogP contribution in [-0.4, -0.2) is 46.4 Å². The fraction of sp³-hybridized carbons (Fsp3) is 0.455. The van der Waals surface area contributed by atoms with Crippen molar-refractivity contribution in [2.75, 3.05) is 18.4 Å². The Bertz CT molecular complexity index is 879. The fourth-order valence-corrected chi connectivity index (χ4v) is 4.63. The third-order valence-electron chi connectivity index (χ3n) is 6.01. The Morgan fingerprint density at radius 1 is 1.04 bits per heavy atom. The monoisotopic (exact) mass is 365 g/mol. The molecule has 1 N–H and O–H groups in total. The molecule has 2 aromatic rings. The van der Waals surface area contributed by atoms with E-state index in [0.717, 1.165) is 48.7 Å². The molecule has 5 heteroatoms. The lowest BCUT2D eigenvalue weighted by Crippen LogP contribution is -2.63. The quantitative estimate of drug-likeness (QED) is 0.865.